The van der Waals surface area contributed by atoms with Gasteiger partial charge in [-0.15, -0.1) is 11.3 Å². The minimum Gasteiger partial charge on any atom is -0.382 e. The van der Waals surface area contributed by atoms with Crippen LogP contribution in [0.3, 0.4) is 0 Å². The third-order valence-corrected chi connectivity index (χ3v) is 2.58. The Morgan fingerprint density at radius 3 is 3.07 bits per heavy atom. The van der Waals surface area contributed by atoms with Gasteiger partial charge in [-0.2, -0.15) is 0 Å². The number of ether oxygens (including phenoxy) is 2. The summed E-state index contributed by atoms with van der Waals surface area (Å²) < 4.78 is 9.86. The number of carbonyl (C=O) groups is 1. The Kier molecular flexibility index (Phi) is 5.99. The zero-order chi connectivity index (χ0) is 10.9. The highest BCUT2D eigenvalue weighted by molar-refractivity contribution is 7.09. The van der Waals surface area contributed by atoms with E-state index in [4.69, 9.17) is 9.47 Å². The Bertz CT molecular complexity index is 274. The maximum atomic E-state index is 11.2. The van der Waals surface area contributed by atoms with Gasteiger partial charge in [0.25, 0.3) is 0 Å². The van der Waals surface area contributed by atoms with Gasteiger partial charge < -0.3 is 14.8 Å². The van der Waals surface area contributed by atoms with Crippen LogP contribution in [-0.2, 0) is 20.8 Å². The molecule has 1 amide bonds. The van der Waals surface area contributed by atoms with E-state index in [1.165, 1.54) is 0 Å². The van der Waals surface area contributed by atoms with E-state index in [9.17, 15) is 4.79 Å². The summed E-state index contributed by atoms with van der Waals surface area (Å²) in [7, 11) is 1.60. The molecule has 0 atom stereocenters. The SMILES string of the molecule is COCCOCC(=O)NCc1cccs1. The quantitative estimate of drug-likeness (QED) is 0.710. The third kappa shape index (κ3) is 5.51. The van der Waals surface area contributed by atoms with Crippen molar-refractivity contribution in [1.82, 2.24) is 5.32 Å². The second-order valence-corrected chi connectivity index (χ2v) is 3.93. The maximum Gasteiger partial charge on any atom is 0.246 e. The first kappa shape index (κ1) is 12.2. The molecule has 1 heterocycles. The number of amides is 1. The molecule has 0 saturated carbocycles. The molecule has 0 aromatic carbocycles. The van der Waals surface area contributed by atoms with Crippen LogP contribution in [0, 0.1) is 0 Å². The van der Waals surface area contributed by atoms with Crippen LogP contribution in [0.2, 0.25) is 0 Å². The van der Waals surface area contributed by atoms with Crippen molar-refractivity contribution in [1.29, 1.82) is 0 Å². The summed E-state index contributed by atoms with van der Waals surface area (Å²) >= 11 is 1.62. The van der Waals surface area contributed by atoms with Gasteiger partial charge in [-0.1, -0.05) is 6.07 Å². The van der Waals surface area contributed by atoms with Gasteiger partial charge in [0.05, 0.1) is 19.8 Å². The fourth-order valence-electron chi connectivity index (χ4n) is 0.957. The number of thiophene rings is 1. The van der Waals surface area contributed by atoms with Crippen molar-refractivity contribution in [3.05, 3.63) is 22.4 Å². The molecule has 0 aliphatic heterocycles. The van der Waals surface area contributed by atoms with Gasteiger partial charge in [-0.05, 0) is 11.4 Å². The highest BCUT2D eigenvalue weighted by Crippen LogP contribution is 2.06. The number of carbonyl (C=O) groups excluding carboxylic acids is 1. The van der Waals surface area contributed by atoms with E-state index < -0.39 is 0 Å². The largest absolute Gasteiger partial charge is 0.382 e. The van der Waals surface area contributed by atoms with Gasteiger partial charge in [0, 0.05) is 12.0 Å². The molecule has 0 aliphatic carbocycles. The average molecular weight is 229 g/mol. The summed E-state index contributed by atoms with van der Waals surface area (Å²) in [5, 5.41) is 4.75. The van der Waals surface area contributed by atoms with E-state index >= 15 is 0 Å². The maximum absolute atomic E-state index is 11.2. The smallest absolute Gasteiger partial charge is 0.246 e. The Morgan fingerprint density at radius 1 is 1.53 bits per heavy atom. The van der Waals surface area contributed by atoms with E-state index in [1.807, 2.05) is 17.5 Å². The Labute approximate surface area is 93.2 Å². The van der Waals surface area contributed by atoms with Crippen molar-refractivity contribution in [2.45, 2.75) is 6.54 Å². The minimum absolute atomic E-state index is 0.0920. The van der Waals surface area contributed by atoms with Crippen LogP contribution < -0.4 is 5.32 Å². The van der Waals surface area contributed by atoms with Gasteiger partial charge in [0.15, 0.2) is 0 Å². The predicted octanol–water partition coefficient (Wildman–Crippen LogP) is 1.03. The van der Waals surface area contributed by atoms with Crippen molar-refractivity contribution in [3.63, 3.8) is 0 Å². The van der Waals surface area contributed by atoms with Crippen LogP contribution in [0.15, 0.2) is 17.5 Å². The van der Waals surface area contributed by atoms with Crippen LogP contribution >= 0.6 is 11.3 Å². The van der Waals surface area contributed by atoms with Crippen LogP contribution in [0.4, 0.5) is 0 Å². The molecule has 5 heteroatoms. The molecule has 0 fully saturated rings. The Morgan fingerprint density at radius 2 is 2.40 bits per heavy atom. The van der Waals surface area contributed by atoms with E-state index in [0.29, 0.717) is 19.8 Å². The van der Waals surface area contributed by atoms with E-state index in [1.54, 1.807) is 18.4 Å². The lowest BCUT2D eigenvalue weighted by molar-refractivity contribution is -0.126. The number of hydrogen-bond donors (Lipinski definition) is 1. The average Bonchev–Trinajstić information content (AvgIpc) is 2.74. The first-order valence-electron chi connectivity index (χ1n) is 4.68. The second-order valence-electron chi connectivity index (χ2n) is 2.90. The molecule has 0 radical (unpaired) electrons. The van der Waals surface area contributed by atoms with Crippen molar-refractivity contribution >= 4 is 17.2 Å². The standard InChI is InChI=1S/C10H15NO3S/c1-13-4-5-14-8-10(12)11-7-9-3-2-6-15-9/h2-3,6H,4-5,7-8H2,1H3,(H,11,12). The van der Waals surface area contributed by atoms with Crippen LogP contribution in [0.1, 0.15) is 4.88 Å². The second kappa shape index (κ2) is 7.39. The van der Waals surface area contributed by atoms with E-state index in [0.717, 1.165) is 4.88 Å². The van der Waals surface area contributed by atoms with Gasteiger partial charge in [-0.25, -0.2) is 0 Å². The molecule has 1 rings (SSSR count). The molecule has 1 N–H and O–H groups in total. The number of methoxy groups -OCH3 is 1. The summed E-state index contributed by atoms with van der Waals surface area (Å²) in [6.45, 7) is 1.62. The molecule has 1 aromatic heterocycles. The topological polar surface area (TPSA) is 47.6 Å². The molecule has 0 spiro atoms. The van der Waals surface area contributed by atoms with Gasteiger partial charge >= 0.3 is 0 Å². The van der Waals surface area contributed by atoms with E-state index in [2.05, 4.69) is 5.32 Å². The molecule has 4 nitrogen and oxygen atoms in total. The van der Waals surface area contributed by atoms with Gasteiger partial charge in [-0.3, -0.25) is 4.79 Å². The number of hydrogen-bond acceptors (Lipinski definition) is 4. The Balaban J connectivity index is 2.04. The summed E-state index contributed by atoms with van der Waals surface area (Å²) in [5.74, 6) is -0.0977. The molecule has 15 heavy (non-hydrogen) atoms. The summed E-state index contributed by atoms with van der Waals surface area (Å²) in [6.07, 6.45) is 0. The third-order valence-electron chi connectivity index (χ3n) is 1.70. The van der Waals surface area contributed by atoms with Crippen molar-refractivity contribution in [2.24, 2.45) is 0 Å². The summed E-state index contributed by atoms with van der Waals surface area (Å²) in [6, 6.07) is 3.94. The van der Waals surface area contributed by atoms with Gasteiger partial charge in [0.1, 0.15) is 6.61 Å². The molecule has 0 unspecified atom stereocenters. The lowest BCUT2D eigenvalue weighted by atomic mass is 10.4. The fourth-order valence-corrected chi connectivity index (χ4v) is 1.60. The molecule has 0 bridgehead atoms. The van der Waals surface area contributed by atoms with Crippen LogP contribution in [0.5, 0.6) is 0 Å². The summed E-state index contributed by atoms with van der Waals surface area (Å²) in [4.78, 5) is 12.4. The lowest BCUT2D eigenvalue weighted by Gasteiger charge is -2.04. The van der Waals surface area contributed by atoms with Crippen LogP contribution in [0.25, 0.3) is 0 Å². The zero-order valence-electron chi connectivity index (χ0n) is 8.69. The highest BCUT2D eigenvalue weighted by atomic mass is 32.1. The van der Waals surface area contributed by atoms with Crippen molar-refractivity contribution < 1.29 is 14.3 Å². The molecular weight excluding hydrogens is 214 g/mol. The normalized spacial score (nSPS) is 10.2. The van der Waals surface area contributed by atoms with Crippen molar-refractivity contribution in [3.8, 4) is 0 Å². The van der Waals surface area contributed by atoms with Gasteiger partial charge in [0.2, 0.25) is 5.91 Å². The van der Waals surface area contributed by atoms with Crippen molar-refractivity contribution in [2.75, 3.05) is 26.9 Å². The fraction of sp³-hybridized carbons (Fsp3) is 0.500. The highest BCUT2D eigenvalue weighted by Gasteiger charge is 2.01. The monoisotopic (exact) mass is 229 g/mol. The lowest BCUT2D eigenvalue weighted by Crippen LogP contribution is -2.27. The Hall–Kier alpha value is -0.910. The molecule has 84 valence electrons. The number of rotatable bonds is 7. The first-order valence-corrected chi connectivity index (χ1v) is 5.56. The summed E-state index contributed by atoms with van der Waals surface area (Å²) in [5.41, 5.74) is 0. The predicted molar refractivity (Wildman–Crippen MR) is 58.9 cm³/mol. The van der Waals surface area contributed by atoms with Crippen LogP contribution in [-0.4, -0.2) is 32.8 Å². The first-order chi connectivity index (χ1) is 7.33. The van der Waals surface area contributed by atoms with E-state index in [-0.39, 0.29) is 12.5 Å². The molecule has 0 saturated heterocycles. The molecular formula is C10H15NO3S. The molecule has 1 aromatic rings. The molecule has 0 aliphatic rings. The number of nitrogens with one attached hydrogen (secondary N) is 1. The minimum atomic E-state index is -0.0977. The zero-order valence-corrected chi connectivity index (χ0v) is 9.51.